The van der Waals surface area contributed by atoms with Crippen LogP contribution in [-0.2, 0) is 4.74 Å². The average Bonchev–Trinajstić information content (AvgIpc) is 3.47. The molecule has 0 unspecified atom stereocenters. The molecule has 0 spiro atoms. The number of hydrogen-bond acceptors (Lipinski definition) is 6. The summed E-state index contributed by atoms with van der Waals surface area (Å²) in [6.07, 6.45) is 2.04. The van der Waals surface area contributed by atoms with E-state index in [1.807, 2.05) is 12.1 Å². The summed E-state index contributed by atoms with van der Waals surface area (Å²) in [6, 6.07) is 10.0. The monoisotopic (exact) mass is 390 g/mol. The van der Waals surface area contributed by atoms with Gasteiger partial charge < -0.3 is 4.74 Å². The smallest absolute Gasteiger partial charge is 0.338 e. The van der Waals surface area contributed by atoms with Gasteiger partial charge in [0.15, 0.2) is 0 Å². The van der Waals surface area contributed by atoms with E-state index in [0.717, 1.165) is 36.6 Å². The predicted octanol–water partition coefficient (Wildman–Crippen LogP) is 4.51. The van der Waals surface area contributed by atoms with Gasteiger partial charge in [0.25, 0.3) is 11.4 Å². The van der Waals surface area contributed by atoms with Crippen LogP contribution in [0.5, 0.6) is 0 Å². The number of halogens is 1. The van der Waals surface area contributed by atoms with Crippen molar-refractivity contribution in [2.45, 2.75) is 18.8 Å². The summed E-state index contributed by atoms with van der Waals surface area (Å²) in [7, 11) is 0. The van der Waals surface area contributed by atoms with Crippen LogP contribution in [0.3, 0.4) is 0 Å². The third-order valence-corrected chi connectivity index (χ3v) is 4.70. The first kappa shape index (κ1) is 18.8. The summed E-state index contributed by atoms with van der Waals surface area (Å²) in [4.78, 5) is 32.7. The van der Waals surface area contributed by atoms with E-state index >= 15 is 0 Å². The van der Waals surface area contributed by atoms with E-state index in [1.165, 1.54) is 0 Å². The van der Waals surface area contributed by atoms with Gasteiger partial charge in [-0.2, -0.15) is 0 Å². The van der Waals surface area contributed by atoms with Gasteiger partial charge in [0.1, 0.15) is 0 Å². The highest BCUT2D eigenvalue weighted by Gasteiger charge is 2.33. The third-order valence-electron chi connectivity index (χ3n) is 4.44. The number of rotatable bonds is 7. The zero-order valence-electron chi connectivity index (χ0n) is 14.0. The molecule has 0 amide bonds. The Balaban J connectivity index is 1.77. The van der Waals surface area contributed by atoms with Gasteiger partial charge >= 0.3 is 5.97 Å². The predicted molar refractivity (Wildman–Crippen MR) is 97.0 cm³/mol. The molecule has 0 aromatic heterocycles. The quantitative estimate of drug-likeness (QED) is 0.390. The molecule has 0 N–H and O–H groups in total. The molecule has 0 saturated heterocycles. The lowest BCUT2D eigenvalue weighted by Crippen LogP contribution is -2.15. The molecule has 1 atom stereocenters. The fourth-order valence-electron chi connectivity index (χ4n) is 2.89. The minimum atomic E-state index is -0.832. The molecule has 2 aromatic carbocycles. The van der Waals surface area contributed by atoms with Crippen molar-refractivity contribution in [1.29, 1.82) is 0 Å². The van der Waals surface area contributed by atoms with Crippen LogP contribution in [0, 0.1) is 26.1 Å². The fraction of sp³-hybridized carbons (Fsp3) is 0.278. The zero-order valence-corrected chi connectivity index (χ0v) is 14.8. The number of nitro groups is 2. The van der Waals surface area contributed by atoms with Gasteiger partial charge in [-0.3, -0.25) is 20.2 Å². The summed E-state index contributed by atoms with van der Waals surface area (Å²) < 4.78 is 5.33. The number of carbonyl (C=O) groups is 1. The second kappa shape index (κ2) is 7.71. The summed E-state index contributed by atoms with van der Waals surface area (Å²) in [5, 5.41) is 22.5. The van der Waals surface area contributed by atoms with Crippen LogP contribution in [0.25, 0.3) is 0 Å². The van der Waals surface area contributed by atoms with Crippen molar-refractivity contribution in [3.63, 3.8) is 0 Å². The Hall–Kier alpha value is -3.00. The second-order valence-corrected chi connectivity index (χ2v) is 6.78. The Bertz CT molecular complexity index is 863. The normalized spacial score (nSPS) is 14.4. The maximum absolute atomic E-state index is 12.3. The Morgan fingerprint density at radius 2 is 1.63 bits per heavy atom. The summed E-state index contributed by atoms with van der Waals surface area (Å²) >= 11 is 5.90. The minimum absolute atomic E-state index is 0.0140. The maximum Gasteiger partial charge on any atom is 0.338 e. The van der Waals surface area contributed by atoms with Crippen molar-refractivity contribution in [3.8, 4) is 0 Å². The molecule has 0 bridgehead atoms. The van der Waals surface area contributed by atoms with E-state index in [2.05, 4.69) is 0 Å². The van der Waals surface area contributed by atoms with Crippen molar-refractivity contribution in [1.82, 2.24) is 0 Å². The van der Waals surface area contributed by atoms with Crippen LogP contribution in [0.2, 0.25) is 5.02 Å². The molecular weight excluding hydrogens is 376 g/mol. The first-order valence-corrected chi connectivity index (χ1v) is 8.59. The summed E-state index contributed by atoms with van der Waals surface area (Å²) in [5.41, 5.74) is -0.304. The Labute approximate surface area is 159 Å². The van der Waals surface area contributed by atoms with Crippen LogP contribution in [0.15, 0.2) is 42.5 Å². The number of hydrogen-bond donors (Lipinski definition) is 0. The Kier molecular flexibility index (Phi) is 5.36. The zero-order chi connectivity index (χ0) is 19.6. The number of ether oxygens (including phenoxy) is 1. The van der Waals surface area contributed by atoms with Gasteiger partial charge in [0.2, 0.25) is 0 Å². The Morgan fingerprint density at radius 1 is 1.07 bits per heavy atom. The van der Waals surface area contributed by atoms with Gasteiger partial charge in [-0.25, -0.2) is 4.79 Å². The van der Waals surface area contributed by atoms with Gasteiger partial charge in [0.05, 0.1) is 28.1 Å². The SMILES string of the molecule is O=C(OC[C@H](c1ccc(Cl)cc1)C1CC1)c1cc([N+](=O)[O-])cc([N+](=O)[O-])c1. The highest BCUT2D eigenvalue weighted by Crippen LogP contribution is 2.43. The fourth-order valence-corrected chi connectivity index (χ4v) is 3.01. The molecule has 140 valence electrons. The maximum atomic E-state index is 12.3. The van der Waals surface area contributed by atoms with E-state index < -0.39 is 27.2 Å². The number of carbonyl (C=O) groups excluding carboxylic acids is 1. The minimum Gasteiger partial charge on any atom is -0.461 e. The lowest BCUT2D eigenvalue weighted by atomic mass is 9.95. The molecule has 8 nitrogen and oxygen atoms in total. The second-order valence-electron chi connectivity index (χ2n) is 6.35. The molecule has 0 heterocycles. The molecule has 0 aliphatic heterocycles. The van der Waals surface area contributed by atoms with E-state index in [0.29, 0.717) is 10.9 Å². The number of nitrogens with zero attached hydrogens (tertiary/aromatic N) is 2. The van der Waals surface area contributed by atoms with E-state index in [-0.39, 0.29) is 18.1 Å². The number of nitro benzene ring substituents is 2. The molecule has 1 fully saturated rings. The lowest BCUT2D eigenvalue weighted by molar-refractivity contribution is -0.394. The summed E-state index contributed by atoms with van der Waals surface area (Å²) in [5.74, 6) is -0.459. The highest BCUT2D eigenvalue weighted by atomic mass is 35.5. The number of non-ortho nitro benzene ring substituents is 2. The van der Waals surface area contributed by atoms with E-state index in [4.69, 9.17) is 16.3 Å². The van der Waals surface area contributed by atoms with E-state index in [9.17, 15) is 25.0 Å². The highest BCUT2D eigenvalue weighted by molar-refractivity contribution is 6.30. The number of benzene rings is 2. The van der Waals surface area contributed by atoms with Crippen LogP contribution in [-0.4, -0.2) is 22.4 Å². The largest absolute Gasteiger partial charge is 0.461 e. The van der Waals surface area contributed by atoms with Gasteiger partial charge in [0, 0.05) is 23.1 Å². The van der Waals surface area contributed by atoms with Crippen LogP contribution >= 0.6 is 11.6 Å². The van der Waals surface area contributed by atoms with Crippen molar-refractivity contribution in [2.75, 3.05) is 6.61 Å². The van der Waals surface area contributed by atoms with Gasteiger partial charge in [-0.1, -0.05) is 23.7 Å². The standard InChI is InChI=1S/C18H15ClN2O6/c19-14-5-3-12(4-6-14)17(11-1-2-11)10-27-18(22)13-7-15(20(23)24)9-16(8-13)21(25)26/h3-9,11,17H,1-2,10H2/t17-/m0/s1. The third kappa shape index (κ3) is 4.59. The molecular formula is C18H15ClN2O6. The molecule has 27 heavy (non-hydrogen) atoms. The van der Waals surface area contributed by atoms with Crippen molar-refractivity contribution < 1.29 is 19.4 Å². The van der Waals surface area contributed by atoms with Crippen molar-refractivity contribution in [3.05, 3.63) is 78.8 Å². The van der Waals surface area contributed by atoms with Crippen LogP contribution in [0.4, 0.5) is 11.4 Å². The lowest BCUT2D eigenvalue weighted by Gasteiger charge is -2.17. The molecule has 3 rings (SSSR count). The van der Waals surface area contributed by atoms with Crippen molar-refractivity contribution in [2.24, 2.45) is 5.92 Å². The van der Waals surface area contributed by atoms with E-state index in [1.54, 1.807) is 12.1 Å². The molecule has 0 radical (unpaired) electrons. The van der Waals surface area contributed by atoms with Crippen molar-refractivity contribution >= 4 is 28.9 Å². The first-order valence-electron chi connectivity index (χ1n) is 8.21. The van der Waals surface area contributed by atoms with Gasteiger partial charge in [-0.15, -0.1) is 0 Å². The molecule has 2 aromatic rings. The van der Waals surface area contributed by atoms with Gasteiger partial charge in [-0.05, 0) is 36.5 Å². The molecule has 9 heteroatoms. The Morgan fingerprint density at radius 3 is 2.11 bits per heavy atom. The molecule has 1 saturated carbocycles. The average molecular weight is 391 g/mol. The van der Waals surface area contributed by atoms with Crippen LogP contribution in [0.1, 0.15) is 34.7 Å². The molecule has 1 aliphatic rings. The number of esters is 1. The summed E-state index contributed by atoms with van der Waals surface area (Å²) in [6.45, 7) is 0.0849. The topological polar surface area (TPSA) is 113 Å². The first-order chi connectivity index (χ1) is 12.8. The molecule has 1 aliphatic carbocycles. The van der Waals surface area contributed by atoms with Crippen LogP contribution < -0.4 is 0 Å².